The molecule has 1 rings (SSSR count). The Kier molecular flexibility index (Phi) is 2.22. The lowest BCUT2D eigenvalue weighted by molar-refractivity contribution is 0.740. The number of hydrogen-bond donors (Lipinski definition) is 2. The molecule has 9 heavy (non-hydrogen) atoms. The molecule has 1 aromatic rings. The zero-order valence-electron chi connectivity index (χ0n) is 5.08. The van der Waals surface area contributed by atoms with Crippen LogP contribution < -0.4 is 11.5 Å². The van der Waals surface area contributed by atoms with Crippen LogP contribution in [0.1, 0.15) is 11.6 Å². The van der Waals surface area contributed by atoms with Gasteiger partial charge in [0.2, 0.25) is 0 Å². The third-order valence-corrected chi connectivity index (χ3v) is 1.93. The lowest BCUT2D eigenvalue weighted by Gasteiger charge is -2.03. The summed E-state index contributed by atoms with van der Waals surface area (Å²) < 4.78 is 0. The van der Waals surface area contributed by atoms with Gasteiger partial charge in [-0.1, -0.05) is 0 Å². The minimum absolute atomic E-state index is 0.0243. The van der Waals surface area contributed by atoms with Gasteiger partial charge in [-0.25, -0.2) is 0 Å². The first-order valence-electron chi connectivity index (χ1n) is 2.82. The van der Waals surface area contributed by atoms with Crippen LogP contribution in [-0.2, 0) is 0 Å². The van der Waals surface area contributed by atoms with Crippen molar-refractivity contribution in [2.24, 2.45) is 11.5 Å². The van der Waals surface area contributed by atoms with Crippen molar-refractivity contribution in [1.82, 2.24) is 0 Å². The Morgan fingerprint density at radius 3 is 2.89 bits per heavy atom. The highest BCUT2D eigenvalue weighted by atomic mass is 32.1. The van der Waals surface area contributed by atoms with Crippen molar-refractivity contribution in [1.29, 1.82) is 0 Å². The van der Waals surface area contributed by atoms with E-state index < -0.39 is 0 Å². The Labute approximate surface area is 58.5 Å². The van der Waals surface area contributed by atoms with E-state index in [1.165, 1.54) is 0 Å². The van der Waals surface area contributed by atoms with Gasteiger partial charge in [-0.3, -0.25) is 0 Å². The maximum Gasteiger partial charge on any atom is 0.0427 e. The number of rotatable bonds is 2. The molecule has 0 unspecified atom stereocenters. The normalized spacial score (nSPS) is 13.6. The zero-order chi connectivity index (χ0) is 6.69. The van der Waals surface area contributed by atoms with Gasteiger partial charge in [0, 0.05) is 12.6 Å². The average molecular weight is 142 g/mol. The van der Waals surface area contributed by atoms with E-state index in [0.29, 0.717) is 6.54 Å². The highest BCUT2D eigenvalue weighted by molar-refractivity contribution is 7.07. The monoisotopic (exact) mass is 142 g/mol. The molecule has 0 aliphatic heterocycles. The molecule has 0 aromatic carbocycles. The van der Waals surface area contributed by atoms with Crippen LogP contribution in [0.3, 0.4) is 0 Å². The lowest BCUT2D eigenvalue weighted by Crippen LogP contribution is -2.19. The molecule has 2 nitrogen and oxygen atoms in total. The number of nitrogens with two attached hydrogens (primary N) is 2. The molecule has 0 aliphatic rings. The second-order valence-electron chi connectivity index (χ2n) is 1.90. The molecule has 0 amide bonds. The van der Waals surface area contributed by atoms with E-state index in [1.54, 1.807) is 11.3 Å². The summed E-state index contributed by atoms with van der Waals surface area (Å²) in [5.74, 6) is 0. The van der Waals surface area contributed by atoms with Crippen LogP contribution in [0.2, 0.25) is 0 Å². The summed E-state index contributed by atoms with van der Waals surface area (Å²) in [6, 6.07) is 2.03. The summed E-state index contributed by atoms with van der Waals surface area (Å²) in [5.41, 5.74) is 12.1. The predicted molar refractivity (Wildman–Crippen MR) is 40.3 cm³/mol. The van der Waals surface area contributed by atoms with E-state index in [-0.39, 0.29) is 6.04 Å². The summed E-state index contributed by atoms with van der Waals surface area (Å²) in [5, 5.41) is 4.03. The fraction of sp³-hybridized carbons (Fsp3) is 0.333. The Bertz CT molecular complexity index is 160. The highest BCUT2D eigenvalue weighted by Crippen LogP contribution is 2.11. The Hall–Kier alpha value is -0.380. The van der Waals surface area contributed by atoms with E-state index in [2.05, 4.69) is 0 Å². The summed E-state index contributed by atoms with van der Waals surface area (Å²) >= 11 is 1.65. The SMILES string of the molecule is NC[C@H](N)c1ccsc1. The van der Waals surface area contributed by atoms with Crippen LogP contribution in [0, 0.1) is 0 Å². The molecular formula is C6H10N2S. The molecule has 1 aromatic heterocycles. The van der Waals surface area contributed by atoms with Gasteiger partial charge >= 0.3 is 0 Å². The first-order chi connectivity index (χ1) is 4.34. The van der Waals surface area contributed by atoms with E-state index >= 15 is 0 Å². The van der Waals surface area contributed by atoms with Gasteiger partial charge in [-0.2, -0.15) is 11.3 Å². The first-order valence-corrected chi connectivity index (χ1v) is 3.76. The van der Waals surface area contributed by atoms with Gasteiger partial charge in [0.25, 0.3) is 0 Å². The van der Waals surface area contributed by atoms with Crippen LogP contribution in [-0.4, -0.2) is 6.54 Å². The molecule has 0 spiro atoms. The van der Waals surface area contributed by atoms with Gasteiger partial charge < -0.3 is 11.5 Å². The molecule has 0 aliphatic carbocycles. The van der Waals surface area contributed by atoms with Gasteiger partial charge in [0.1, 0.15) is 0 Å². The highest BCUT2D eigenvalue weighted by Gasteiger charge is 2.00. The van der Waals surface area contributed by atoms with E-state index in [0.717, 1.165) is 5.56 Å². The lowest BCUT2D eigenvalue weighted by atomic mass is 10.2. The quantitative estimate of drug-likeness (QED) is 0.639. The second kappa shape index (κ2) is 2.96. The molecule has 1 heterocycles. The van der Waals surface area contributed by atoms with E-state index in [1.807, 2.05) is 16.8 Å². The minimum Gasteiger partial charge on any atom is -0.329 e. The van der Waals surface area contributed by atoms with Crippen molar-refractivity contribution >= 4 is 11.3 Å². The van der Waals surface area contributed by atoms with Crippen molar-refractivity contribution in [3.8, 4) is 0 Å². The topological polar surface area (TPSA) is 52.0 Å². The number of thiophene rings is 1. The molecule has 50 valence electrons. The van der Waals surface area contributed by atoms with Gasteiger partial charge in [0.15, 0.2) is 0 Å². The Morgan fingerprint density at radius 2 is 2.44 bits per heavy atom. The molecule has 0 bridgehead atoms. The van der Waals surface area contributed by atoms with Crippen LogP contribution in [0.5, 0.6) is 0 Å². The molecule has 0 fully saturated rings. The molecule has 0 saturated carbocycles. The smallest absolute Gasteiger partial charge is 0.0427 e. The maximum atomic E-state index is 5.62. The molecule has 1 atom stereocenters. The van der Waals surface area contributed by atoms with Crippen LogP contribution in [0.15, 0.2) is 16.8 Å². The molecule has 0 saturated heterocycles. The van der Waals surface area contributed by atoms with Crippen LogP contribution >= 0.6 is 11.3 Å². The van der Waals surface area contributed by atoms with E-state index in [9.17, 15) is 0 Å². The minimum atomic E-state index is 0.0243. The molecule has 4 N–H and O–H groups in total. The van der Waals surface area contributed by atoms with Crippen molar-refractivity contribution < 1.29 is 0 Å². The summed E-state index contributed by atoms with van der Waals surface area (Å²) in [6.07, 6.45) is 0. The summed E-state index contributed by atoms with van der Waals surface area (Å²) in [7, 11) is 0. The van der Waals surface area contributed by atoms with Crippen molar-refractivity contribution in [2.45, 2.75) is 6.04 Å². The Morgan fingerprint density at radius 1 is 1.67 bits per heavy atom. The fourth-order valence-corrected chi connectivity index (χ4v) is 1.35. The van der Waals surface area contributed by atoms with Crippen LogP contribution in [0.4, 0.5) is 0 Å². The van der Waals surface area contributed by atoms with E-state index in [4.69, 9.17) is 11.5 Å². The third kappa shape index (κ3) is 1.51. The maximum absolute atomic E-state index is 5.62. The first kappa shape index (κ1) is 6.74. The van der Waals surface area contributed by atoms with Crippen molar-refractivity contribution in [3.63, 3.8) is 0 Å². The molecular weight excluding hydrogens is 132 g/mol. The van der Waals surface area contributed by atoms with Gasteiger partial charge in [0.05, 0.1) is 0 Å². The number of hydrogen-bond acceptors (Lipinski definition) is 3. The van der Waals surface area contributed by atoms with Crippen LogP contribution in [0.25, 0.3) is 0 Å². The molecule has 0 radical (unpaired) electrons. The summed E-state index contributed by atoms with van der Waals surface area (Å²) in [4.78, 5) is 0. The standard InChI is InChI=1S/C6H10N2S/c7-3-6(8)5-1-2-9-4-5/h1-2,4,6H,3,7-8H2/t6-/m0/s1. The predicted octanol–water partition coefficient (Wildman–Crippen LogP) is 0.707. The Balaban J connectivity index is 2.65. The third-order valence-electron chi connectivity index (χ3n) is 1.23. The second-order valence-corrected chi connectivity index (χ2v) is 2.68. The summed E-state index contributed by atoms with van der Waals surface area (Å²) in [6.45, 7) is 0.525. The molecule has 3 heteroatoms. The van der Waals surface area contributed by atoms with Gasteiger partial charge in [-0.15, -0.1) is 0 Å². The largest absolute Gasteiger partial charge is 0.329 e. The zero-order valence-corrected chi connectivity index (χ0v) is 5.90. The average Bonchev–Trinajstić information content (AvgIpc) is 2.37. The fourth-order valence-electron chi connectivity index (χ4n) is 0.622. The van der Waals surface area contributed by atoms with Crippen molar-refractivity contribution in [2.75, 3.05) is 6.54 Å². The van der Waals surface area contributed by atoms with Gasteiger partial charge in [-0.05, 0) is 22.4 Å². The van der Waals surface area contributed by atoms with Crippen molar-refractivity contribution in [3.05, 3.63) is 22.4 Å².